The molecule has 0 aromatic heterocycles. The standard InChI is InChI=1S/C12H28N4O/c1-10(2)14-12(3,11(13)17)9-16(6)8-7-15(4)5/h10,14H,7-9H2,1-6H3,(H2,13,17). The summed E-state index contributed by atoms with van der Waals surface area (Å²) in [6.45, 7) is 8.39. The molecule has 5 nitrogen and oxygen atoms in total. The summed E-state index contributed by atoms with van der Waals surface area (Å²) in [4.78, 5) is 15.8. The van der Waals surface area contributed by atoms with E-state index in [1.54, 1.807) is 0 Å². The molecule has 0 aliphatic heterocycles. The van der Waals surface area contributed by atoms with E-state index in [2.05, 4.69) is 15.1 Å². The smallest absolute Gasteiger partial charge is 0.238 e. The van der Waals surface area contributed by atoms with E-state index >= 15 is 0 Å². The quantitative estimate of drug-likeness (QED) is 0.616. The SMILES string of the molecule is CC(C)NC(C)(CN(C)CCN(C)C)C(N)=O. The Morgan fingerprint density at radius 3 is 2.18 bits per heavy atom. The summed E-state index contributed by atoms with van der Waals surface area (Å²) in [6, 6.07) is 0.231. The summed E-state index contributed by atoms with van der Waals surface area (Å²) in [6.07, 6.45) is 0. The number of rotatable bonds is 8. The third-order valence-corrected chi connectivity index (χ3v) is 2.67. The number of hydrogen-bond donors (Lipinski definition) is 2. The highest BCUT2D eigenvalue weighted by molar-refractivity contribution is 5.84. The van der Waals surface area contributed by atoms with E-state index in [0.717, 1.165) is 13.1 Å². The molecule has 0 aliphatic carbocycles. The van der Waals surface area contributed by atoms with Crippen molar-refractivity contribution in [3.05, 3.63) is 0 Å². The lowest BCUT2D eigenvalue weighted by molar-refractivity contribution is -0.124. The van der Waals surface area contributed by atoms with Crippen LogP contribution < -0.4 is 11.1 Å². The maximum absolute atomic E-state index is 11.6. The molecule has 3 N–H and O–H groups in total. The summed E-state index contributed by atoms with van der Waals surface area (Å²) in [7, 11) is 6.08. The third-order valence-electron chi connectivity index (χ3n) is 2.67. The van der Waals surface area contributed by atoms with Gasteiger partial charge in [0.25, 0.3) is 0 Å². The molecule has 5 heteroatoms. The van der Waals surface area contributed by atoms with Gasteiger partial charge in [-0.15, -0.1) is 0 Å². The highest BCUT2D eigenvalue weighted by atomic mass is 16.1. The molecule has 0 fully saturated rings. The van der Waals surface area contributed by atoms with Crippen molar-refractivity contribution in [2.24, 2.45) is 5.73 Å². The molecule has 0 radical (unpaired) electrons. The summed E-state index contributed by atoms with van der Waals surface area (Å²) < 4.78 is 0. The second-order valence-electron chi connectivity index (χ2n) is 5.54. The molecule has 1 atom stereocenters. The van der Waals surface area contributed by atoms with Gasteiger partial charge in [-0.3, -0.25) is 4.79 Å². The molecule has 0 saturated carbocycles. The molecule has 0 spiro atoms. The maximum Gasteiger partial charge on any atom is 0.238 e. The predicted molar refractivity (Wildman–Crippen MR) is 71.9 cm³/mol. The first-order valence-electron chi connectivity index (χ1n) is 6.08. The van der Waals surface area contributed by atoms with E-state index < -0.39 is 5.54 Å². The van der Waals surface area contributed by atoms with Crippen molar-refractivity contribution in [3.8, 4) is 0 Å². The van der Waals surface area contributed by atoms with E-state index in [4.69, 9.17) is 5.73 Å². The monoisotopic (exact) mass is 244 g/mol. The summed E-state index contributed by atoms with van der Waals surface area (Å²) in [5.41, 5.74) is 4.81. The minimum absolute atomic E-state index is 0.231. The number of hydrogen-bond acceptors (Lipinski definition) is 4. The number of carbonyl (C=O) groups excluding carboxylic acids is 1. The Kier molecular flexibility index (Phi) is 6.67. The minimum atomic E-state index is -0.671. The molecule has 0 rings (SSSR count). The molecule has 1 amide bonds. The van der Waals surface area contributed by atoms with Gasteiger partial charge in [0.05, 0.1) is 0 Å². The fourth-order valence-electron chi connectivity index (χ4n) is 1.82. The van der Waals surface area contributed by atoms with Crippen LogP contribution in [-0.2, 0) is 4.79 Å². The molecular weight excluding hydrogens is 216 g/mol. The zero-order valence-electron chi connectivity index (χ0n) is 12.1. The van der Waals surface area contributed by atoms with Crippen molar-refractivity contribution in [2.75, 3.05) is 40.8 Å². The number of nitrogens with zero attached hydrogens (tertiary/aromatic N) is 2. The second-order valence-corrected chi connectivity index (χ2v) is 5.54. The van der Waals surface area contributed by atoms with Crippen molar-refractivity contribution in [2.45, 2.75) is 32.4 Å². The van der Waals surface area contributed by atoms with Crippen LogP contribution in [0, 0.1) is 0 Å². The second kappa shape index (κ2) is 6.93. The van der Waals surface area contributed by atoms with E-state index in [-0.39, 0.29) is 11.9 Å². The Balaban J connectivity index is 4.38. The Hall–Kier alpha value is -0.650. The van der Waals surface area contributed by atoms with Gasteiger partial charge in [-0.25, -0.2) is 0 Å². The summed E-state index contributed by atoms with van der Waals surface area (Å²) in [5, 5.41) is 3.24. The number of amides is 1. The summed E-state index contributed by atoms with van der Waals surface area (Å²) in [5.74, 6) is -0.303. The molecule has 102 valence electrons. The van der Waals surface area contributed by atoms with Gasteiger partial charge in [0, 0.05) is 25.7 Å². The first kappa shape index (κ1) is 16.4. The van der Waals surface area contributed by atoms with Crippen molar-refractivity contribution in [3.63, 3.8) is 0 Å². The topological polar surface area (TPSA) is 61.6 Å². The Morgan fingerprint density at radius 2 is 1.82 bits per heavy atom. The van der Waals surface area contributed by atoms with Gasteiger partial charge in [0.1, 0.15) is 5.54 Å². The lowest BCUT2D eigenvalue weighted by Crippen LogP contribution is -2.61. The molecule has 0 aromatic carbocycles. The van der Waals surface area contributed by atoms with Crippen LogP contribution in [-0.4, -0.2) is 68.1 Å². The van der Waals surface area contributed by atoms with Crippen molar-refractivity contribution >= 4 is 5.91 Å². The van der Waals surface area contributed by atoms with Gasteiger partial charge < -0.3 is 20.9 Å². The number of primary amides is 1. The number of carbonyl (C=O) groups is 1. The van der Waals surface area contributed by atoms with Crippen molar-refractivity contribution in [1.82, 2.24) is 15.1 Å². The van der Waals surface area contributed by atoms with Gasteiger partial charge in [-0.2, -0.15) is 0 Å². The van der Waals surface area contributed by atoms with Crippen LogP contribution in [0.5, 0.6) is 0 Å². The fraction of sp³-hybridized carbons (Fsp3) is 0.917. The van der Waals surface area contributed by atoms with Crippen LogP contribution in [0.3, 0.4) is 0 Å². The maximum atomic E-state index is 11.6. The van der Waals surface area contributed by atoms with E-state index in [1.807, 2.05) is 41.9 Å². The van der Waals surface area contributed by atoms with Gasteiger partial charge >= 0.3 is 0 Å². The molecule has 0 aliphatic rings. The molecule has 0 aromatic rings. The molecule has 1 unspecified atom stereocenters. The van der Waals surface area contributed by atoms with Gasteiger partial charge in [-0.1, -0.05) is 0 Å². The largest absolute Gasteiger partial charge is 0.368 e. The average molecular weight is 244 g/mol. The first-order chi connectivity index (χ1) is 7.67. The molecule has 0 heterocycles. The number of nitrogens with two attached hydrogens (primary N) is 1. The van der Waals surface area contributed by atoms with E-state index in [9.17, 15) is 4.79 Å². The van der Waals surface area contributed by atoms with Crippen LogP contribution >= 0.6 is 0 Å². The van der Waals surface area contributed by atoms with Crippen LogP contribution in [0.2, 0.25) is 0 Å². The van der Waals surface area contributed by atoms with Gasteiger partial charge in [0.2, 0.25) is 5.91 Å². The normalized spacial score (nSPS) is 15.6. The van der Waals surface area contributed by atoms with E-state index in [0.29, 0.717) is 6.54 Å². The van der Waals surface area contributed by atoms with Crippen LogP contribution in [0.1, 0.15) is 20.8 Å². The Morgan fingerprint density at radius 1 is 1.29 bits per heavy atom. The third kappa shape index (κ3) is 6.61. The van der Waals surface area contributed by atoms with Crippen molar-refractivity contribution in [1.29, 1.82) is 0 Å². The highest BCUT2D eigenvalue weighted by Crippen LogP contribution is 2.07. The Bertz CT molecular complexity index is 243. The lowest BCUT2D eigenvalue weighted by atomic mass is 9.99. The predicted octanol–water partition coefficient (Wildman–Crippen LogP) is -0.278. The van der Waals surface area contributed by atoms with Crippen molar-refractivity contribution < 1.29 is 4.79 Å². The average Bonchev–Trinajstić information content (AvgIpc) is 2.12. The van der Waals surface area contributed by atoms with Gasteiger partial charge in [-0.05, 0) is 41.9 Å². The Labute approximate surface area is 105 Å². The zero-order valence-corrected chi connectivity index (χ0v) is 12.1. The molecule has 0 saturated heterocycles. The minimum Gasteiger partial charge on any atom is -0.368 e. The molecule has 17 heavy (non-hydrogen) atoms. The van der Waals surface area contributed by atoms with Crippen LogP contribution in [0.25, 0.3) is 0 Å². The molecular formula is C12H28N4O. The highest BCUT2D eigenvalue weighted by Gasteiger charge is 2.32. The molecule has 0 bridgehead atoms. The van der Waals surface area contributed by atoms with Crippen LogP contribution in [0.4, 0.5) is 0 Å². The van der Waals surface area contributed by atoms with Gasteiger partial charge in [0.15, 0.2) is 0 Å². The summed E-state index contributed by atoms with van der Waals surface area (Å²) >= 11 is 0. The fourth-order valence-corrected chi connectivity index (χ4v) is 1.82. The number of likely N-dealkylation sites (N-methyl/N-ethyl adjacent to an activating group) is 2. The zero-order chi connectivity index (χ0) is 13.6. The van der Waals surface area contributed by atoms with Crippen LogP contribution in [0.15, 0.2) is 0 Å². The number of nitrogens with one attached hydrogen (secondary N) is 1. The van der Waals surface area contributed by atoms with E-state index in [1.165, 1.54) is 0 Å². The lowest BCUT2D eigenvalue weighted by Gasteiger charge is -2.34. The first-order valence-corrected chi connectivity index (χ1v) is 6.08.